The molecule has 0 saturated carbocycles. The van der Waals surface area contributed by atoms with Crippen molar-refractivity contribution in [1.82, 2.24) is 15.3 Å². The molecule has 0 aliphatic heterocycles. The fraction of sp³-hybridized carbons (Fsp3) is 0.269. The second kappa shape index (κ2) is 10.4. The summed E-state index contributed by atoms with van der Waals surface area (Å²) in [6, 6.07) is 17.8. The number of aryl methyl sites for hydroxylation is 2. The lowest BCUT2D eigenvalue weighted by Gasteiger charge is -2.09. The smallest absolute Gasteiger partial charge is 0.259 e. The Morgan fingerprint density at radius 3 is 2.85 bits per heavy atom. The number of fused-ring (bicyclic) bond motifs is 3. The number of aromatic amines is 1. The maximum atomic E-state index is 12.5. The van der Waals surface area contributed by atoms with Crippen LogP contribution in [0.3, 0.4) is 0 Å². The fourth-order valence-electron chi connectivity index (χ4n) is 4.09. The van der Waals surface area contributed by atoms with Crippen molar-refractivity contribution in [3.05, 3.63) is 92.3 Å². The van der Waals surface area contributed by atoms with Crippen molar-refractivity contribution < 1.29 is 9.53 Å². The van der Waals surface area contributed by atoms with Crippen LogP contribution in [0.2, 0.25) is 0 Å². The standard InChI is InChI=1S/C26H25N3O3S2/c30-23(27-13-18-8-4-9-19(12-18)32-14-17-6-2-1-3-7-17)16-33-15-22-28-25(31)24-20-10-5-11-21(20)34-26(24)29-22/h1-4,6-9,12H,5,10-11,13-16H2,(H,27,30)(H,28,29,31). The van der Waals surface area contributed by atoms with E-state index in [2.05, 4.69) is 15.3 Å². The van der Waals surface area contributed by atoms with Gasteiger partial charge in [0, 0.05) is 11.4 Å². The zero-order valence-corrected chi connectivity index (χ0v) is 20.3. The molecule has 0 bridgehead atoms. The Morgan fingerprint density at radius 1 is 1.12 bits per heavy atom. The van der Waals surface area contributed by atoms with E-state index in [9.17, 15) is 9.59 Å². The first-order chi connectivity index (χ1) is 16.7. The van der Waals surface area contributed by atoms with Crippen LogP contribution in [0.15, 0.2) is 59.4 Å². The van der Waals surface area contributed by atoms with Crippen molar-refractivity contribution in [3.8, 4) is 5.75 Å². The fourth-order valence-corrected chi connectivity index (χ4v) is 6.09. The van der Waals surface area contributed by atoms with Gasteiger partial charge in [-0.25, -0.2) is 4.98 Å². The maximum absolute atomic E-state index is 12.5. The van der Waals surface area contributed by atoms with E-state index in [1.54, 1.807) is 11.3 Å². The van der Waals surface area contributed by atoms with E-state index < -0.39 is 0 Å². The van der Waals surface area contributed by atoms with E-state index in [0.29, 0.717) is 30.5 Å². The van der Waals surface area contributed by atoms with Gasteiger partial charge in [-0.2, -0.15) is 0 Å². The van der Waals surface area contributed by atoms with E-state index in [1.807, 2.05) is 54.6 Å². The zero-order chi connectivity index (χ0) is 23.3. The molecule has 174 valence electrons. The van der Waals surface area contributed by atoms with Crippen LogP contribution in [0.4, 0.5) is 0 Å². The summed E-state index contributed by atoms with van der Waals surface area (Å²) in [5, 5.41) is 3.71. The number of hydrogen-bond acceptors (Lipinski definition) is 6. The Labute approximate surface area is 205 Å². The molecule has 2 aromatic heterocycles. The minimum absolute atomic E-state index is 0.0564. The van der Waals surface area contributed by atoms with E-state index >= 15 is 0 Å². The molecule has 0 fully saturated rings. The van der Waals surface area contributed by atoms with Crippen molar-refractivity contribution in [1.29, 1.82) is 0 Å². The molecule has 0 atom stereocenters. The number of hydrogen-bond donors (Lipinski definition) is 2. The molecular formula is C26H25N3O3S2. The molecule has 2 heterocycles. The maximum Gasteiger partial charge on any atom is 0.259 e. The SMILES string of the molecule is O=C(CSCc1nc2sc3c(c2c(=O)[nH]1)CCC3)NCc1cccc(OCc2ccccc2)c1. The summed E-state index contributed by atoms with van der Waals surface area (Å²) in [4.78, 5) is 34.5. The van der Waals surface area contributed by atoms with Crippen LogP contribution in [0.1, 0.15) is 33.8 Å². The van der Waals surface area contributed by atoms with Crippen molar-refractivity contribution in [2.75, 3.05) is 5.75 Å². The third kappa shape index (κ3) is 5.34. The highest BCUT2D eigenvalue weighted by molar-refractivity contribution is 7.99. The number of aromatic nitrogens is 2. The van der Waals surface area contributed by atoms with Crippen LogP contribution in [0, 0.1) is 0 Å². The van der Waals surface area contributed by atoms with Crippen molar-refractivity contribution >= 4 is 39.2 Å². The van der Waals surface area contributed by atoms with E-state index in [0.717, 1.165) is 46.4 Å². The quantitative estimate of drug-likeness (QED) is 0.357. The molecule has 0 radical (unpaired) electrons. The van der Waals surface area contributed by atoms with Gasteiger partial charge in [-0.1, -0.05) is 42.5 Å². The zero-order valence-electron chi connectivity index (χ0n) is 18.6. The molecule has 0 unspecified atom stereocenters. The molecule has 1 amide bonds. The molecule has 2 N–H and O–H groups in total. The van der Waals surface area contributed by atoms with Crippen molar-refractivity contribution in [2.24, 2.45) is 0 Å². The Kier molecular flexibility index (Phi) is 6.97. The molecule has 0 spiro atoms. The van der Waals surface area contributed by atoms with Gasteiger partial charge in [0.05, 0.1) is 16.9 Å². The van der Waals surface area contributed by atoms with E-state index in [4.69, 9.17) is 4.74 Å². The molecule has 0 saturated heterocycles. The topological polar surface area (TPSA) is 84.1 Å². The van der Waals surface area contributed by atoms with Gasteiger partial charge in [0.15, 0.2) is 0 Å². The van der Waals surface area contributed by atoms with Gasteiger partial charge in [-0.15, -0.1) is 23.1 Å². The highest BCUT2D eigenvalue weighted by Gasteiger charge is 2.21. The molecule has 2 aromatic carbocycles. The largest absolute Gasteiger partial charge is 0.489 e. The minimum Gasteiger partial charge on any atom is -0.489 e. The average molecular weight is 492 g/mol. The summed E-state index contributed by atoms with van der Waals surface area (Å²) in [6.07, 6.45) is 3.13. The normalized spacial score (nSPS) is 12.6. The van der Waals surface area contributed by atoms with Gasteiger partial charge in [-0.3, -0.25) is 9.59 Å². The first-order valence-corrected chi connectivity index (χ1v) is 13.3. The van der Waals surface area contributed by atoms with Crippen LogP contribution in [0.5, 0.6) is 5.75 Å². The second-order valence-electron chi connectivity index (χ2n) is 8.24. The summed E-state index contributed by atoms with van der Waals surface area (Å²) in [5.74, 6) is 2.13. The van der Waals surface area contributed by atoms with Crippen LogP contribution in [-0.4, -0.2) is 21.6 Å². The predicted molar refractivity (Wildman–Crippen MR) is 137 cm³/mol. The number of H-pyrrole nitrogens is 1. The third-order valence-electron chi connectivity index (χ3n) is 5.73. The number of thioether (sulfide) groups is 1. The van der Waals surface area contributed by atoms with Gasteiger partial charge in [-0.05, 0) is 48.1 Å². The molecule has 4 aromatic rings. The van der Waals surface area contributed by atoms with Gasteiger partial charge in [0.2, 0.25) is 5.91 Å². The number of benzene rings is 2. The lowest BCUT2D eigenvalue weighted by atomic mass is 10.2. The van der Waals surface area contributed by atoms with Crippen LogP contribution >= 0.6 is 23.1 Å². The highest BCUT2D eigenvalue weighted by Crippen LogP contribution is 2.34. The Hall–Kier alpha value is -3.10. The summed E-state index contributed by atoms with van der Waals surface area (Å²) < 4.78 is 5.86. The van der Waals surface area contributed by atoms with Gasteiger partial charge in [0.25, 0.3) is 5.56 Å². The van der Waals surface area contributed by atoms with Crippen LogP contribution in [-0.2, 0) is 36.5 Å². The number of carbonyl (C=O) groups is 1. The third-order valence-corrected chi connectivity index (χ3v) is 7.86. The number of ether oxygens (including phenoxy) is 1. The number of carbonyl (C=O) groups excluding carboxylic acids is 1. The lowest BCUT2D eigenvalue weighted by molar-refractivity contribution is -0.118. The Balaban J connectivity index is 1.09. The molecule has 1 aliphatic carbocycles. The molecular weight excluding hydrogens is 466 g/mol. The Bertz CT molecular complexity index is 1360. The highest BCUT2D eigenvalue weighted by atomic mass is 32.2. The van der Waals surface area contributed by atoms with E-state index in [-0.39, 0.29) is 11.5 Å². The number of nitrogens with one attached hydrogen (secondary N) is 2. The first kappa shape index (κ1) is 22.7. The average Bonchev–Trinajstić information content (AvgIpc) is 3.43. The number of thiophene rings is 1. The van der Waals surface area contributed by atoms with Crippen LogP contribution < -0.4 is 15.6 Å². The summed E-state index contributed by atoms with van der Waals surface area (Å²) >= 11 is 3.08. The summed E-state index contributed by atoms with van der Waals surface area (Å²) in [7, 11) is 0. The Morgan fingerprint density at radius 2 is 1.97 bits per heavy atom. The van der Waals surface area contributed by atoms with Gasteiger partial charge < -0.3 is 15.0 Å². The number of amides is 1. The van der Waals surface area contributed by atoms with E-state index in [1.165, 1.54) is 22.2 Å². The molecule has 34 heavy (non-hydrogen) atoms. The number of rotatable bonds is 9. The van der Waals surface area contributed by atoms with Crippen LogP contribution in [0.25, 0.3) is 10.2 Å². The molecule has 6 nitrogen and oxygen atoms in total. The summed E-state index contributed by atoms with van der Waals surface area (Å²) in [6.45, 7) is 0.938. The predicted octanol–water partition coefficient (Wildman–Crippen LogP) is 4.60. The number of nitrogens with zero attached hydrogens (tertiary/aromatic N) is 1. The first-order valence-electron chi connectivity index (χ1n) is 11.3. The molecule has 8 heteroatoms. The van der Waals surface area contributed by atoms with Crippen molar-refractivity contribution in [3.63, 3.8) is 0 Å². The van der Waals surface area contributed by atoms with Gasteiger partial charge in [0.1, 0.15) is 23.0 Å². The molecule has 1 aliphatic rings. The molecule has 5 rings (SSSR count). The van der Waals surface area contributed by atoms with Crippen molar-refractivity contribution in [2.45, 2.75) is 38.2 Å². The summed E-state index contributed by atoms with van der Waals surface area (Å²) in [5.41, 5.74) is 3.21. The second-order valence-corrected chi connectivity index (χ2v) is 10.3. The monoisotopic (exact) mass is 491 g/mol. The van der Waals surface area contributed by atoms with Gasteiger partial charge >= 0.3 is 0 Å². The minimum atomic E-state index is -0.0567. The lowest BCUT2D eigenvalue weighted by Crippen LogP contribution is -2.24.